The molecule has 30 heavy (non-hydrogen) atoms. The first-order valence-corrected chi connectivity index (χ1v) is 11.8. The predicted octanol–water partition coefficient (Wildman–Crippen LogP) is 2.75. The number of ether oxygens (including phenoxy) is 1. The fraction of sp³-hybridized carbons (Fsp3) is 0.682. The van der Waals surface area contributed by atoms with E-state index in [4.69, 9.17) is 4.74 Å². The maximum atomic E-state index is 12.7. The van der Waals surface area contributed by atoms with Crippen molar-refractivity contribution in [2.75, 3.05) is 44.2 Å². The van der Waals surface area contributed by atoms with E-state index in [-0.39, 0.29) is 24.0 Å². The van der Waals surface area contributed by atoms with Gasteiger partial charge >= 0.3 is 0 Å². The quantitative estimate of drug-likeness (QED) is 0.785. The molecule has 2 atom stereocenters. The molecule has 2 unspecified atom stereocenters. The molecule has 0 aromatic carbocycles. The second-order valence-corrected chi connectivity index (χ2v) is 9.93. The van der Waals surface area contributed by atoms with Crippen LogP contribution in [0.4, 0.5) is 5.82 Å². The molecule has 0 bridgehead atoms. The van der Waals surface area contributed by atoms with Gasteiger partial charge in [0.05, 0.1) is 17.6 Å². The zero-order valence-corrected chi connectivity index (χ0v) is 19.3. The van der Waals surface area contributed by atoms with Crippen LogP contribution >= 0.6 is 11.3 Å². The van der Waals surface area contributed by atoms with Crippen LogP contribution in [0.15, 0.2) is 6.33 Å². The molecule has 4 rings (SSSR count). The number of anilines is 1. The summed E-state index contributed by atoms with van der Waals surface area (Å²) in [4.78, 5) is 28.8. The molecule has 164 valence electrons. The Labute approximate surface area is 182 Å². The van der Waals surface area contributed by atoms with Crippen molar-refractivity contribution in [1.82, 2.24) is 20.2 Å². The molecule has 2 saturated heterocycles. The van der Waals surface area contributed by atoms with Crippen molar-refractivity contribution in [2.24, 2.45) is 5.92 Å². The second kappa shape index (κ2) is 9.16. The topological polar surface area (TPSA) is 70.6 Å². The lowest BCUT2D eigenvalue weighted by Crippen LogP contribution is -2.48. The minimum atomic E-state index is 0.0893. The zero-order chi connectivity index (χ0) is 21.3. The standard InChI is InChI=1S/C22H33N5O2S/c1-14-11-26(12-15(2)29-14)10-7-23-21(28)18-5-8-27(9-6-18)20-19-16(3)17(4)30-22(19)25-13-24-20/h13-15,18H,5-12H2,1-4H3,(H,23,28). The third kappa shape index (κ3) is 4.60. The number of hydrogen-bond donors (Lipinski definition) is 1. The summed E-state index contributed by atoms with van der Waals surface area (Å²) in [7, 11) is 0. The van der Waals surface area contributed by atoms with E-state index in [0.717, 1.165) is 56.2 Å². The molecule has 0 radical (unpaired) electrons. The lowest BCUT2D eigenvalue weighted by molar-refractivity contribution is -0.125. The van der Waals surface area contributed by atoms with Crippen molar-refractivity contribution in [1.29, 1.82) is 0 Å². The minimum Gasteiger partial charge on any atom is -0.373 e. The number of thiophene rings is 1. The Morgan fingerprint density at radius 3 is 2.60 bits per heavy atom. The first kappa shape index (κ1) is 21.5. The molecule has 0 aliphatic carbocycles. The normalized spacial score (nSPS) is 23.8. The first-order valence-electron chi connectivity index (χ1n) is 11.0. The number of rotatable bonds is 5. The average Bonchev–Trinajstić information content (AvgIpc) is 3.01. The maximum Gasteiger partial charge on any atom is 0.223 e. The van der Waals surface area contributed by atoms with Crippen molar-refractivity contribution in [3.05, 3.63) is 16.8 Å². The number of hydrogen-bond acceptors (Lipinski definition) is 7. The number of morpholine rings is 1. The van der Waals surface area contributed by atoms with Crippen LogP contribution in [-0.4, -0.2) is 72.3 Å². The van der Waals surface area contributed by atoms with Crippen LogP contribution in [0.1, 0.15) is 37.1 Å². The number of aromatic nitrogens is 2. The monoisotopic (exact) mass is 431 g/mol. The van der Waals surface area contributed by atoms with E-state index < -0.39 is 0 Å². The molecule has 0 spiro atoms. The van der Waals surface area contributed by atoms with Gasteiger partial charge in [0.1, 0.15) is 17.0 Å². The van der Waals surface area contributed by atoms with Gasteiger partial charge in [-0.15, -0.1) is 11.3 Å². The summed E-state index contributed by atoms with van der Waals surface area (Å²) in [5.41, 5.74) is 1.28. The van der Waals surface area contributed by atoms with E-state index in [1.807, 2.05) is 0 Å². The van der Waals surface area contributed by atoms with Crippen LogP contribution in [0.3, 0.4) is 0 Å². The van der Waals surface area contributed by atoms with E-state index in [1.165, 1.54) is 15.8 Å². The summed E-state index contributed by atoms with van der Waals surface area (Å²) in [6.45, 7) is 13.7. The number of nitrogens with zero attached hydrogens (tertiary/aromatic N) is 4. The van der Waals surface area contributed by atoms with Crippen LogP contribution < -0.4 is 10.2 Å². The molecular formula is C22H33N5O2S. The maximum absolute atomic E-state index is 12.7. The first-order chi connectivity index (χ1) is 14.4. The van der Waals surface area contributed by atoms with Crippen LogP contribution in [0.5, 0.6) is 0 Å². The Hall–Kier alpha value is -1.77. The lowest BCUT2D eigenvalue weighted by atomic mass is 9.95. The van der Waals surface area contributed by atoms with E-state index in [9.17, 15) is 4.79 Å². The summed E-state index contributed by atoms with van der Waals surface area (Å²) in [5.74, 6) is 1.31. The van der Waals surface area contributed by atoms with Gasteiger partial charge in [0, 0.05) is 50.1 Å². The summed E-state index contributed by atoms with van der Waals surface area (Å²) < 4.78 is 5.78. The van der Waals surface area contributed by atoms with E-state index >= 15 is 0 Å². The van der Waals surface area contributed by atoms with Gasteiger partial charge in [0.25, 0.3) is 0 Å². The van der Waals surface area contributed by atoms with Crippen LogP contribution in [-0.2, 0) is 9.53 Å². The van der Waals surface area contributed by atoms with Gasteiger partial charge in [-0.05, 0) is 46.1 Å². The number of carbonyl (C=O) groups is 1. The highest BCUT2D eigenvalue weighted by atomic mass is 32.1. The van der Waals surface area contributed by atoms with Crippen LogP contribution in [0.25, 0.3) is 10.2 Å². The molecule has 7 nitrogen and oxygen atoms in total. The summed E-state index contributed by atoms with van der Waals surface area (Å²) in [5, 5.41) is 4.34. The van der Waals surface area contributed by atoms with Gasteiger partial charge in [0.2, 0.25) is 5.91 Å². The van der Waals surface area contributed by atoms with Gasteiger partial charge < -0.3 is 15.0 Å². The number of amides is 1. The lowest BCUT2D eigenvalue weighted by Gasteiger charge is -2.35. The Bertz CT molecular complexity index is 883. The number of fused-ring (bicyclic) bond motifs is 1. The second-order valence-electron chi connectivity index (χ2n) is 8.73. The van der Waals surface area contributed by atoms with Crippen molar-refractivity contribution in [2.45, 2.75) is 52.7 Å². The number of piperidine rings is 1. The fourth-order valence-corrected chi connectivity index (χ4v) is 5.70. The average molecular weight is 432 g/mol. The molecule has 2 aliphatic heterocycles. The summed E-state index contributed by atoms with van der Waals surface area (Å²) >= 11 is 1.73. The summed E-state index contributed by atoms with van der Waals surface area (Å²) in [6, 6.07) is 0. The van der Waals surface area contributed by atoms with Crippen molar-refractivity contribution >= 4 is 33.3 Å². The van der Waals surface area contributed by atoms with Crippen molar-refractivity contribution in [3.63, 3.8) is 0 Å². The smallest absolute Gasteiger partial charge is 0.223 e. The zero-order valence-electron chi connectivity index (χ0n) is 18.5. The number of nitrogens with one attached hydrogen (secondary N) is 1. The molecule has 2 aromatic heterocycles. The molecule has 2 aliphatic rings. The number of aryl methyl sites for hydroxylation is 2. The Balaban J connectivity index is 1.28. The molecule has 2 aromatic rings. The van der Waals surface area contributed by atoms with Crippen molar-refractivity contribution < 1.29 is 9.53 Å². The number of carbonyl (C=O) groups excluding carboxylic acids is 1. The fourth-order valence-electron chi connectivity index (χ4n) is 4.71. The highest BCUT2D eigenvalue weighted by molar-refractivity contribution is 7.18. The third-order valence-electron chi connectivity index (χ3n) is 6.33. The van der Waals surface area contributed by atoms with E-state index in [1.54, 1.807) is 17.7 Å². The van der Waals surface area contributed by atoms with Gasteiger partial charge in [-0.25, -0.2) is 9.97 Å². The highest BCUT2D eigenvalue weighted by Crippen LogP contribution is 2.35. The molecule has 1 amide bonds. The largest absolute Gasteiger partial charge is 0.373 e. The third-order valence-corrected chi connectivity index (χ3v) is 7.45. The van der Waals surface area contributed by atoms with Gasteiger partial charge in [-0.2, -0.15) is 0 Å². The molecule has 4 heterocycles. The molecular weight excluding hydrogens is 398 g/mol. The van der Waals surface area contributed by atoms with Gasteiger partial charge in [-0.3, -0.25) is 9.69 Å². The molecule has 1 N–H and O–H groups in total. The Kier molecular flexibility index (Phi) is 6.55. The minimum absolute atomic E-state index is 0.0893. The molecule has 2 fully saturated rings. The van der Waals surface area contributed by atoms with Gasteiger partial charge in [-0.1, -0.05) is 0 Å². The van der Waals surface area contributed by atoms with Crippen LogP contribution in [0.2, 0.25) is 0 Å². The van der Waals surface area contributed by atoms with Crippen molar-refractivity contribution in [3.8, 4) is 0 Å². The molecule has 8 heteroatoms. The SMILES string of the molecule is Cc1sc2ncnc(N3CCC(C(=O)NCCN4CC(C)OC(C)C4)CC3)c2c1C. The Morgan fingerprint density at radius 1 is 1.20 bits per heavy atom. The Morgan fingerprint density at radius 2 is 1.90 bits per heavy atom. The van der Waals surface area contributed by atoms with E-state index in [2.05, 4.69) is 52.8 Å². The highest BCUT2D eigenvalue weighted by Gasteiger charge is 2.28. The van der Waals surface area contributed by atoms with E-state index in [0.29, 0.717) is 6.54 Å². The van der Waals surface area contributed by atoms with Gasteiger partial charge in [0.15, 0.2) is 0 Å². The predicted molar refractivity (Wildman–Crippen MR) is 121 cm³/mol. The van der Waals surface area contributed by atoms with Crippen LogP contribution in [0, 0.1) is 19.8 Å². The summed E-state index contributed by atoms with van der Waals surface area (Å²) in [6.07, 6.45) is 3.92. The molecule has 0 saturated carbocycles.